The van der Waals surface area contributed by atoms with E-state index in [0.29, 0.717) is 0 Å². The Kier molecular flexibility index (Phi) is 8.72. The Hall–Kier alpha value is -0.0800. The second-order valence-corrected chi connectivity index (χ2v) is 6.47. The van der Waals surface area contributed by atoms with Crippen LogP contribution >= 0.6 is 0 Å². The average Bonchev–Trinajstić information content (AvgIpc) is 2.83. The van der Waals surface area contributed by atoms with E-state index in [1.165, 1.54) is 64.6 Å². The maximum absolute atomic E-state index is 3.73. The van der Waals surface area contributed by atoms with Gasteiger partial charge in [-0.25, -0.2) is 0 Å². The van der Waals surface area contributed by atoms with Gasteiger partial charge in [-0.05, 0) is 51.2 Å². The molecular formula is C17H36N2. The summed E-state index contributed by atoms with van der Waals surface area (Å²) in [4.78, 5) is 2.51. The number of hydrogen-bond donors (Lipinski definition) is 1. The summed E-state index contributed by atoms with van der Waals surface area (Å²) in [5.74, 6) is 1.84. The summed E-state index contributed by atoms with van der Waals surface area (Å²) in [5, 5.41) is 3.73. The van der Waals surface area contributed by atoms with Crippen molar-refractivity contribution in [1.82, 2.24) is 10.2 Å². The highest BCUT2D eigenvalue weighted by Crippen LogP contribution is 2.20. The van der Waals surface area contributed by atoms with Gasteiger partial charge in [0.1, 0.15) is 0 Å². The van der Waals surface area contributed by atoms with E-state index in [0.717, 1.165) is 17.9 Å². The van der Waals surface area contributed by atoms with Gasteiger partial charge >= 0.3 is 0 Å². The fourth-order valence-corrected chi connectivity index (χ4v) is 3.31. The van der Waals surface area contributed by atoms with Crippen molar-refractivity contribution in [2.24, 2.45) is 11.8 Å². The van der Waals surface area contributed by atoms with Crippen molar-refractivity contribution in [2.45, 2.75) is 71.8 Å². The number of nitrogens with one attached hydrogen (secondary N) is 1. The van der Waals surface area contributed by atoms with Gasteiger partial charge in [-0.1, -0.05) is 46.5 Å². The molecule has 0 aromatic rings. The maximum Gasteiger partial charge on any atom is 0.0218 e. The normalized spacial score (nSPS) is 22.3. The summed E-state index contributed by atoms with van der Waals surface area (Å²) in [5.41, 5.74) is 0. The molecule has 1 fully saturated rings. The molecule has 2 atom stereocenters. The third kappa shape index (κ3) is 6.27. The van der Waals surface area contributed by atoms with Crippen LogP contribution in [0.3, 0.4) is 0 Å². The smallest absolute Gasteiger partial charge is 0.0218 e. The zero-order valence-electron chi connectivity index (χ0n) is 13.8. The molecule has 2 nitrogen and oxygen atoms in total. The second-order valence-electron chi connectivity index (χ2n) is 6.47. The van der Waals surface area contributed by atoms with Crippen molar-refractivity contribution in [3.05, 3.63) is 0 Å². The molecule has 1 rings (SSSR count). The average molecular weight is 268 g/mol. The van der Waals surface area contributed by atoms with Crippen LogP contribution in [0.2, 0.25) is 0 Å². The molecular weight excluding hydrogens is 232 g/mol. The van der Waals surface area contributed by atoms with Crippen LogP contribution in [-0.4, -0.2) is 37.6 Å². The topological polar surface area (TPSA) is 15.3 Å². The lowest BCUT2D eigenvalue weighted by molar-refractivity contribution is 0.288. The van der Waals surface area contributed by atoms with Crippen LogP contribution in [0.4, 0.5) is 0 Å². The van der Waals surface area contributed by atoms with Crippen LogP contribution in [0.15, 0.2) is 0 Å². The SMILES string of the molecule is CCC(CC)CCC(CC)CNCC1CCCN1C. The number of hydrogen-bond acceptors (Lipinski definition) is 2. The first-order valence-electron chi connectivity index (χ1n) is 8.62. The fraction of sp³-hybridized carbons (Fsp3) is 1.00. The molecule has 1 heterocycles. The van der Waals surface area contributed by atoms with Gasteiger partial charge in [0.25, 0.3) is 0 Å². The third-order valence-electron chi connectivity index (χ3n) is 5.20. The van der Waals surface area contributed by atoms with Crippen LogP contribution in [0, 0.1) is 11.8 Å². The minimum Gasteiger partial charge on any atom is -0.315 e. The first-order chi connectivity index (χ1) is 9.21. The highest BCUT2D eigenvalue weighted by atomic mass is 15.2. The summed E-state index contributed by atoms with van der Waals surface area (Å²) in [6.45, 7) is 10.7. The Balaban J connectivity index is 2.14. The van der Waals surface area contributed by atoms with Gasteiger partial charge in [0, 0.05) is 12.6 Å². The highest BCUT2D eigenvalue weighted by Gasteiger charge is 2.20. The van der Waals surface area contributed by atoms with E-state index in [4.69, 9.17) is 0 Å². The summed E-state index contributed by atoms with van der Waals surface area (Å²) < 4.78 is 0. The molecule has 0 saturated carbocycles. The number of rotatable bonds is 10. The predicted octanol–water partition coefficient (Wildman–Crippen LogP) is 3.91. The summed E-state index contributed by atoms with van der Waals surface area (Å²) >= 11 is 0. The monoisotopic (exact) mass is 268 g/mol. The molecule has 1 saturated heterocycles. The standard InChI is InChI=1S/C17H36N2/c1-5-15(6-2)10-11-16(7-3)13-18-14-17-9-8-12-19(17)4/h15-18H,5-14H2,1-4H3. The lowest BCUT2D eigenvalue weighted by Gasteiger charge is -2.23. The number of nitrogens with zero attached hydrogens (tertiary/aromatic N) is 1. The van der Waals surface area contributed by atoms with E-state index in [-0.39, 0.29) is 0 Å². The molecule has 0 aliphatic carbocycles. The zero-order chi connectivity index (χ0) is 14.1. The van der Waals surface area contributed by atoms with Gasteiger partial charge in [-0.15, -0.1) is 0 Å². The Morgan fingerprint density at radius 3 is 2.21 bits per heavy atom. The van der Waals surface area contributed by atoms with Crippen LogP contribution < -0.4 is 5.32 Å². The van der Waals surface area contributed by atoms with Crippen molar-refractivity contribution in [1.29, 1.82) is 0 Å². The van der Waals surface area contributed by atoms with E-state index < -0.39 is 0 Å². The molecule has 19 heavy (non-hydrogen) atoms. The van der Waals surface area contributed by atoms with Crippen molar-refractivity contribution in [3.8, 4) is 0 Å². The molecule has 1 aliphatic heterocycles. The third-order valence-corrected chi connectivity index (χ3v) is 5.20. The van der Waals surface area contributed by atoms with Crippen molar-refractivity contribution >= 4 is 0 Å². The lowest BCUT2D eigenvalue weighted by atomic mass is 9.91. The summed E-state index contributed by atoms with van der Waals surface area (Å²) in [7, 11) is 2.27. The summed E-state index contributed by atoms with van der Waals surface area (Å²) in [6.07, 6.45) is 9.64. The van der Waals surface area contributed by atoms with Crippen molar-refractivity contribution in [3.63, 3.8) is 0 Å². The first kappa shape index (κ1) is 17.0. The van der Waals surface area contributed by atoms with E-state index in [2.05, 4.69) is 38.0 Å². The van der Waals surface area contributed by atoms with Crippen LogP contribution in [0.1, 0.15) is 65.7 Å². The van der Waals surface area contributed by atoms with Gasteiger partial charge in [-0.2, -0.15) is 0 Å². The molecule has 0 radical (unpaired) electrons. The minimum absolute atomic E-state index is 0.788. The Labute approximate surface area is 121 Å². The molecule has 2 unspecified atom stereocenters. The van der Waals surface area contributed by atoms with Crippen molar-refractivity contribution < 1.29 is 0 Å². The van der Waals surface area contributed by atoms with Crippen LogP contribution in [-0.2, 0) is 0 Å². The molecule has 0 spiro atoms. The molecule has 0 amide bonds. The highest BCUT2D eigenvalue weighted by molar-refractivity contribution is 4.78. The molecule has 0 aromatic carbocycles. The predicted molar refractivity (Wildman–Crippen MR) is 85.6 cm³/mol. The van der Waals surface area contributed by atoms with Gasteiger partial charge in [0.05, 0.1) is 0 Å². The van der Waals surface area contributed by atoms with E-state index >= 15 is 0 Å². The Morgan fingerprint density at radius 2 is 1.68 bits per heavy atom. The van der Waals surface area contributed by atoms with Crippen LogP contribution in [0.5, 0.6) is 0 Å². The molecule has 0 aromatic heterocycles. The zero-order valence-corrected chi connectivity index (χ0v) is 13.8. The van der Waals surface area contributed by atoms with E-state index in [1.807, 2.05) is 0 Å². The summed E-state index contributed by atoms with van der Waals surface area (Å²) in [6, 6.07) is 0.788. The molecule has 114 valence electrons. The molecule has 0 bridgehead atoms. The van der Waals surface area contributed by atoms with Gasteiger partial charge < -0.3 is 10.2 Å². The first-order valence-corrected chi connectivity index (χ1v) is 8.62. The van der Waals surface area contributed by atoms with Gasteiger partial charge in [0.2, 0.25) is 0 Å². The number of likely N-dealkylation sites (tertiary alicyclic amines) is 1. The number of likely N-dealkylation sites (N-methyl/N-ethyl adjacent to an activating group) is 1. The minimum atomic E-state index is 0.788. The molecule has 1 N–H and O–H groups in total. The largest absolute Gasteiger partial charge is 0.315 e. The van der Waals surface area contributed by atoms with E-state index in [9.17, 15) is 0 Å². The Bertz CT molecular complexity index is 213. The maximum atomic E-state index is 3.73. The van der Waals surface area contributed by atoms with E-state index in [1.54, 1.807) is 0 Å². The molecule has 1 aliphatic rings. The van der Waals surface area contributed by atoms with Gasteiger partial charge in [0.15, 0.2) is 0 Å². The quantitative estimate of drug-likeness (QED) is 0.646. The van der Waals surface area contributed by atoms with Crippen LogP contribution in [0.25, 0.3) is 0 Å². The lowest BCUT2D eigenvalue weighted by Crippen LogP contribution is -2.37. The molecule has 2 heteroatoms. The Morgan fingerprint density at radius 1 is 1.05 bits per heavy atom. The van der Waals surface area contributed by atoms with Crippen molar-refractivity contribution in [2.75, 3.05) is 26.7 Å². The fourth-order valence-electron chi connectivity index (χ4n) is 3.31. The second kappa shape index (κ2) is 9.77. The van der Waals surface area contributed by atoms with Gasteiger partial charge in [-0.3, -0.25) is 0 Å².